The highest BCUT2D eigenvalue weighted by Crippen LogP contribution is 2.19. The molecule has 3 aromatic heterocycles. The van der Waals surface area contributed by atoms with Gasteiger partial charge >= 0.3 is 0 Å². The molecule has 0 bridgehead atoms. The molecule has 0 aliphatic rings. The Bertz CT molecular complexity index is 764. The number of fused-ring (bicyclic) bond motifs is 1. The van der Waals surface area contributed by atoms with Crippen LogP contribution in [0.3, 0.4) is 0 Å². The molecule has 0 aliphatic carbocycles. The number of halogens is 2. The summed E-state index contributed by atoms with van der Waals surface area (Å²) in [5.74, 6) is 1.53. The molecule has 0 saturated carbocycles. The van der Waals surface area contributed by atoms with Gasteiger partial charge in [-0.25, -0.2) is 9.97 Å². The molecule has 0 atom stereocenters. The minimum absolute atomic E-state index is 0.553. The van der Waals surface area contributed by atoms with E-state index in [0.717, 1.165) is 40.8 Å². The zero-order chi connectivity index (χ0) is 14.8. The predicted molar refractivity (Wildman–Crippen MR) is 86.6 cm³/mol. The number of hydrogen-bond acceptors (Lipinski definition) is 3. The van der Waals surface area contributed by atoms with Crippen molar-refractivity contribution in [1.29, 1.82) is 0 Å². The minimum Gasteiger partial charge on any atom is -0.312 e. The quantitative estimate of drug-likeness (QED) is 0.651. The summed E-state index contributed by atoms with van der Waals surface area (Å²) in [6, 6.07) is 1.99. The van der Waals surface area contributed by atoms with E-state index in [9.17, 15) is 0 Å². The first-order valence-corrected chi connectivity index (χ1v) is 8.04. The lowest BCUT2D eigenvalue weighted by molar-refractivity contribution is 0.669. The van der Waals surface area contributed by atoms with Crippen LogP contribution in [0.5, 0.6) is 0 Å². The smallest absolute Gasteiger partial charge is 0.160 e. The van der Waals surface area contributed by atoms with E-state index < -0.39 is 0 Å². The van der Waals surface area contributed by atoms with E-state index in [1.807, 2.05) is 30.2 Å². The van der Waals surface area contributed by atoms with Crippen molar-refractivity contribution < 1.29 is 0 Å². The minimum atomic E-state index is 0.553. The van der Waals surface area contributed by atoms with Crippen LogP contribution in [0, 0.1) is 0 Å². The van der Waals surface area contributed by atoms with E-state index in [1.54, 1.807) is 6.20 Å². The zero-order valence-electron chi connectivity index (χ0n) is 11.6. The van der Waals surface area contributed by atoms with Crippen LogP contribution in [0.2, 0.25) is 0 Å². The summed E-state index contributed by atoms with van der Waals surface area (Å²) in [5.41, 5.74) is 3.01. The largest absolute Gasteiger partial charge is 0.312 e. The number of nitrogens with zero attached hydrogens (tertiary/aromatic N) is 5. The van der Waals surface area contributed by atoms with Crippen molar-refractivity contribution in [3.63, 3.8) is 0 Å². The van der Waals surface area contributed by atoms with Crippen molar-refractivity contribution in [3.05, 3.63) is 40.5 Å². The number of alkyl halides is 1. The molecule has 3 aromatic rings. The van der Waals surface area contributed by atoms with Crippen LogP contribution in [0.1, 0.15) is 11.4 Å². The molecule has 0 fully saturated rings. The topological polar surface area (TPSA) is 48.5 Å². The second-order valence-electron chi connectivity index (χ2n) is 4.89. The van der Waals surface area contributed by atoms with Crippen molar-refractivity contribution in [2.45, 2.75) is 19.4 Å². The van der Waals surface area contributed by atoms with E-state index in [0.29, 0.717) is 5.88 Å². The van der Waals surface area contributed by atoms with Crippen LogP contribution < -0.4 is 0 Å². The molecule has 0 unspecified atom stereocenters. The lowest BCUT2D eigenvalue weighted by Crippen LogP contribution is -2.07. The zero-order valence-corrected chi connectivity index (χ0v) is 14.0. The first-order chi connectivity index (χ1) is 10.2. The van der Waals surface area contributed by atoms with Crippen LogP contribution in [0.4, 0.5) is 0 Å². The maximum absolute atomic E-state index is 5.89. The van der Waals surface area contributed by atoms with E-state index in [2.05, 4.69) is 35.6 Å². The third-order valence-corrected chi connectivity index (χ3v) is 3.95. The first-order valence-electron chi connectivity index (χ1n) is 6.71. The van der Waals surface area contributed by atoms with E-state index in [4.69, 9.17) is 11.6 Å². The Kier molecular flexibility index (Phi) is 4.26. The van der Waals surface area contributed by atoms with Crippen molar-refractivity contribution >= 4 is 38.7 Å². The van der Waals surface area contributed by atoms with Crippen molar-refractivity contribution in [3.8, 4) is 0 Å². The normalized spacial score (nSPS) is 11.4. The fourth-order valence-electron chi connectivity index (χ4n) is 2.39. The Morgan fingerprint density at radius 2 is 2.14 bits per heavy atom. The number of hydrogen-bond donors (Lipinski definition) is 0. The van der Waals surface area contributed by atoms with Gasteiger partial charge in [-0.15, -0.1) is 11.6 Å². The summed E-state index contributed by atoms with van der Waals surface area (Å²) in [5, 5.41) is 4.20. The van der Waals surface area contributed by atoms with Gasteiger partial charge in [-0.05, 0) is 34.0 Å². The van der Waals surface area contributed by atoms with Crippen LogP contribution in [0.25, 0.3) is 11.2 Å². The van der Waals surface area contributed by atoms with Gasteiger partial charge in [0.1, 0.15) is 11.3 Å². The standard InChI is InChI=1S/C14H15BrClN5/c1-20-9-10(7-18-20)3-5-21-13(2-4-16)19-12-6-11(15)8-17-14(12)21/h6-9H,2-5H2,1H3. The van der Waals surface area contributed by atoms with Gasteiger partial charge in [0, 0.05) is 42.8 Å². The number of aromatic nitrogens is 5. The molecule has 110 valence electrons. The molecule has 0 saturated heterocycles. The fourth-order valence-corrected chi connectivity index (χ4v) is 2.87. The van der Waals surface area contributed by atoms with Crippen LogP contribution >= 0.6 is 27.5 Å². The molecule has 3 rings (SSSR count). The summed E-state index contributed by atoms with van der Waals surface area (Å²) in [6.07, 6.45) is 7.36. The lowest BCUT2D eigenvalue weighted by Gasteiger charge is -2.06. The molecule has 0 N–H and O–H groups in total. The number of pyridine rings is 1. The van der Waals surface area contributed by atoms with Gasteiger partial charge in [-0.1, -0.05) is 0 Å². The molecular formula is C14H15BrClN5. The van der Waals surface area contributed by atoms with Gasteiger partial charge in [0.2, 0.25) is 0 Å². The molecule has 0 aromatic carbocycles. The maximum Gasteiger partial charge on any atom is 0.160 e. The summed E-state index contributed by atoms with van der Waals surface area (Å²) in [6.45, 7) is 0.822. The summed E-state index contributed by atoms with van der Waals surface area (Å²) in [7, 11) is 1.92. The third kappa shape index (κ3) is 3.11. The van der Waals surface area contributed by atoms with Crippen molar-refractivity contribution in [2.24, 2.45) is 7.05 Å². The molecule has 0 amide bonds. The number of rotatable bonds is 5. The van der Waals surface area contributed by atoms with Gasteiger partial charge in [0.05, 0.1) is 6.20 Å². The fraction of sp³-hybridized carbons (Fsp3) is 0.357. The highest BCUT2D eigenvalue weighted by Gasteiger charge is 2.12. The Morgan fingerprint density at radius 3 is 2.86 bits per heavy atom. The van der Waals surface area contributed by atoms with Gasteiger partial charge in [0.25, 0.3) is 0 Å². The van der Waals surface area contributed by atoms with Crippen LogP contribution in [-0.4, -0.2) is 30.2 Å². The lowest BCUT2D eigenvalue weighted by atomic mass is 10.2. The highest BCUT2D eigenvalue weighted by atomic mass is 79.9. The van der Waals surface area contributed by atoms with Gasteiger partial charge in [-0.3, -0.25) is 4.68 Å². The second-order valence-corrected chi connectivity index (χ2v) is 6.18. The number of imidazole rings is 1. The van der Waals surface area contributed by atoms with Gasteiger partial charge < -0.3 is 4.57 Å². The third-order valence-electron chi connectivity index (χ3n) is 3.33. The van der Waals surface area contributed by atoms with Gasteiger partial charge in [-0.2, -0.15) is 5.10 Å². The molecule has 5 nitrogen and oxygen atoms in total. The summed E-state index contributed by atoms with van der Waals surface area (Å²) >= 11 is 9.33. The average Bonchev–Trinajstić information content (AvgIpc) is 3.00. The molecule has 3 heterocycles. The molecule has 7 heteroatoms. The van der Waals surface area contributed by atoms with Crippen LogP contribution in [-0.2, 0) is 26.4 Å². The summed E-state index contributed by atoms with van der Waals surface area (Å²) < 4.78 is 4.90. The molecule has 0 spiro atoms. The van der Waals surface area contributed by atoms with Crippen molar-refractivity contribution in [2.75, 3.05) is 5.88 Å². The summed E-state index contributed by atoms with van der Waals surface area (Å²) in [4.78, 5) is 9.14. The Labute approximate surface area is 136 Å². The maximum atomic E-state index is 5.89. The van der Waals surface area contributed by atoms with E-state index in [1.165, 1.54) is 5.56 Å². The van der Waals surface area contributed by atoms with Crippen molar-refractivity contribution in [1.82, 2.24) is 24.3 Å². The Morgan fingerprint density at radius 1 is 1.29 bits per heavy atom. The predicted octanol–water partition coefficient (Wildman–Crippen LogP) is 2.95. The van der Waals surface area contributed by atoms with Gasteiger partial charge in [0.15, 0.2) is 5.65 Å². The molecule has 0 radical (unpaired) electrons. The monoisotopic (exact) mass is 367 g/mol. The van der Waals surface area contributed by atoms with Crippen LogP contribution in [0.15, 0.2) is 29.1 Å². The highest BCUT2D eigenvalue weighted by molar-refractivity contribution is 9.10. The van der Waals surface area contributed by atoms with E-state index >= 15 is 0 Å². The first kappa shape index (κ1) is 14.5. The molecule has 0 aliphatic heterocycles. The average molecular weight is 369 g/mol. The molecule has 21 heavy (non-hydrogen) atoms. The molecular weight excluding hydrogens is 354 g/mol. The second kappa shape index (κ2) is 6.15. The Hall–Kier alpha value is -1.40. The Balaban J connectivity index is 1.92. The SMILES string of the molecule is Cn1cc(CCn2c(CCCl)nc3cc(Br)cnc32)cn1. The number of aryl methyl sites for hydroxylation is 4. The van der Waals surface area contributed by atoms with E-state index in [-0.39, 0.29) is 0 Å².